The van der Waals surface area contributed by atoms with Crippen molar-refractivity contribution >= 4 is 28.5 Å². The number of fused-ring (bicyclic) bond motifs is 1. The van der Waals surface area contributed by atoms with Crippen molar-refractivity contribution < 1.29 is 14.4 Å². The highest BCUT2D eigenvalue weighted by atomic mass is 16.2. The molecule has 7 heteroatoms. The maximum atomic E-state index is 13.2. The molecule has 3 amide bonds. The van der Waals surface area contributed by atoms with E-state index < -0.39 is 12.1 Å². The molecule has 1 unspecified atom stereocenters. The van der Waals surface area contributed by atoms with Crippen molar-refractivity contribution in [1.29, 1.82) is 0 Å². The van der Waals surface area contributed by atoms with Gasteiger partial charge in [0.05, 0.1) is 0 Å². The monoisotopic (exact) mass is 452 g/mol. The van der Waals surface area contributed by atoms with Crippen LogP contribution in [0, 0.1) is 5.92 Å². The largest absolute Gasteiger partial charge is 0.353 e. The Morgan fingerprint density at radius 2 is 1.82 bits per heavy atom. The number of carbonyl (C=O) groups is 3. The van der Waals surface area contributed by atoms with E-state index in [4.69, 9.17) is 5.73 Å². The van der Waals surface area contributed by atoms with Crippen LogP contribution in [0.2, 0.25) is 0 Å². The molecule has 2 atom stereocenters. The quantitative estimate of drug-likeness (QED) is 0.515. The van der Waals surface area contributed by atoms with Gasteiger partial charge in [-0.2, -0.15) is 0 Å². The summed E-state index contributed by atoms with van der Waals surface area (Å²) in [5, 5.41) is 7.94. The summed E-state index contributed by atoms with van der Waals surface area (Å²) in [6.07, 6.45) is 3.28. The van der Waals surface area contributed by atoms with Crippen LogP contribution in [0.4, 0.5) is 0 Å². The lowest BCUT2D eigenvalue weighted by Crippen LogP contribution is -2.54. The van der Waals surface area contributed by atoms with E-state index in [0.29, 0.717) is 32.5 Å². The van der Waals surface area contributed by atoms with Crippen molar-refractivity contribution in [3.05, 3.63) is 48.0 Å². The van der Waals surface area contributed by atoms with Crippen LogP contribution in [0.3, 0.4) is 0 Å². The lowest BCUT2D eigenvalue weighted by Gasteiger charge is -2.29. The Kier molecular flexibility index (Phi) is 8.83. The Bertz CT molecular complexity index is 973. The maximum absolute atomic E-state index is 13.2. The first kappa shape index (κ1) is 24.7. The number of nitrogens with one attached hydrogen (secondary N) is 2. The van der Waals surface area contributed by atoms with Gasteiger partial charge in [-0.25, -0.2) is 0 Å². The number of amides is 3. The van der Waals surface area contributed by atoms with E-state index in [1.807, 2.05) is 56.3 Å². The lowest BCUT2D eigenvalue weighted by molar-refractivity contribution is -0.142. The molecule has 1 aliphatic rings. The molecule has 1 fully saturated rings. The Morgan fingerprint density at radius 3 is 2.52 bits per heavy atom. The van der Waals surface area contributed by atoms with E-state index in [2.05, 4.69) is 10.6 Å². The third-order valence-electron chi connectivity index (χ3n) is 6.50. The first-order chi connectivity index (χ1) is 16.0. The average molecular weight is 453 g/mol. The van der Waals surface area contributed by atoms with Gasteiger partial charge in [-0.15, -0.1) is 0 Å². The number of rotatable bonds is 10. The molecule has 0 bridgehead atoms. The summed E-state index contributed by atoms with van der Waals surface area (Å²) >= 11 is 0. The van der Waals surface area contributed by atoms with E-state index in [0.717, 1.165) is 35.6 Å². The number of hydrogen-bond donors (Lipinski definition) is 3. The summed E-state index contributed by atoms with van der Waals surface area (Å²) in [4.78, 5) is 40.8. The molecule has 4 N–H and O–H groups in total. The third kappa shape index (κ3) is 6.11. The predicted molar refractivity (Wildman–Crippen MR) is 130 cm³/mol. The van der Waals surface area contributed by atoms with Gasteiger partial charge >= 0.3 is 0 Å². The molecule has 0 aliphatic carbocycles. The van der Waals surface area contributed by atoms with Crippen LogP contribution in [-0.2, 0) is 20.8 Å². The molecule has 178 valence electrons. The normalized spacial score (nSPS) is 16.7. The molecular formula is C26H36N4O3. The van der Waals surface area contributed by atoms with Crippen molar-refractivity contribution in [3.8, 4) is 0 Å². The number of likely N-dealkylation sites (tertiary alicyclic amines) is 1. The minimum Gasteiger partial charge on any atom is -0.353 e. The zero-order valence-corrected chi connectivity index (χ0v) is 19.7. The fourth-order valence-corrected chi connectivity index (χ4v) is 4.57. The van der Waals surface area contributed by atoms with Crippen LogP contribution >= 0.6 is 0 Å². The maximum Gasteiger partial charge on any atom is 0.243 e. The molecule has 2 aromatic rings. The molecule has 3 rings (SSSR count). The van der Waals surface area contributed by atoms with Gasteiger partial charge < -0.3 is 21.3 Å². The van der Waals surface area contributed by atoms with Gasteiger partial charge in [-0.3, -0.25) is 14.4 Å². The van der Waals surface area contributed by atoms with E-state index in [-0.39, 0.29) is 23.6 Å². The van der Waals surface area contributed by atoms with Crippen molar-refractivity contribution in [1.82, 2.24) is 15.5 Å². The van der Waals surface area contributed by atoms with E-state index >= 15 is 0 Å². The second-order valence-electron chi connectivity index (χ2n) is 8.73. The minimum absolute atomic E-state index is 0.0383. The summed E-state index contributed by atoms with van der Waals surface area (Å²) in [7, 11) is 0. The molecular weight excluding hydrogens is 416 g/mol. The molecule has 1 heterocycles. The number of nitrogens with two attached hydrogens (primary N) is 1. The fraction of sp³-hybridized carbons (Fsp3) is 0.500. The Hall–Kier alpha value is -2.93. The Labute approximate surface area is 196 Å². The van der Waals surface area contributed by atoms with Crippen LogP contribution in [0.1, 0.15) is 45.1 Å². The second kappa shape index (κ2) is 11.8. The molecule has 0 radical (unpaired) electrons. The average Bonchev–Trinajstić information content (AvgIpc) is 3.33. The van der Waals surface area contributed by atoms with Crippen LogP contribution in [0.25, 0.3) is 10.8 Å². The lowest BCUT2D eigenvalue weighted by atomic mass is 10.00. The van der Waals surface area contributed by atoms with E-state index in [1.165, 1.54) is 0 Å². The molecule has 1 saturated heterocycles. The van der Waals surface area contributed by atoms with Crippen LogP contribution in [0.5, 0.6) is 0 Å². The van der Waals surface area contributed by atoms with Gasteiger partial charge in [0.25, 0.3) is 0 Å². The summed E-state index contributed by atoms with van der Waals surface area (Å²) in [5.74, 6) is -0.561. The summed E-state index contributed by atoms with van der Waals surface area (Å²) < 4.78 is 0. The van der Waals surface area contributed by atoms with Gasteiger partial charge in [0.2, 0.25) is 17.7 Å². The van der Waals surface area contributed by atoms with Gasteiger partial charge in [-0.05, 0) is 42.0 Å². The number of nitrogens with zero attached hydrogens (tertiary/aromatic N) is 1. The van der Waals surface area contributed by atoms with Crippen molar-refractivity contribution in [2.75, 3.05) is 19.6 Å². The topological polar surface area (TPSA) is 105 Å². The summed E-state index contributed by atoms with van der Waals surface area (Å²) in [6.45, 7) is 5.24. The first-order valence-corrected chi connectivity index (χ1v) is 12.0. The highest BCUT2D eigenvalue weighted by Gasteiger charge is 2.37. The molecule has 0 saturated carbocycles. The number of carbonyl (C=O) groups excluding carboxylic acids is 3. The van der Waals surface area contributed by atoms with E-state index in [1.54, 1.807) is 4.90 Å². The first-order valence-electron chi connectivity index (χ1n) is 12.0. The number of benzene rings is 2. The zero-order chi connectivity index (χ0) is 23.8. The molecule has 2 aromatic carbocycles. The Balaban J connectivity index is 1.76. The second-order valence-corrected chi connectivity index (χ2v) is 8.73. The van der Waals surface area contributed by atoms with Crippen LogP contribution in [0.15, 0.2) is 42.5 Å². The summed E-state index contributed by atoms with van der Waals surface area (Å²) in [6, 6.07) is 12.8. The molecule has 0 aromatic heterocycles. The predicted octanol–water partition coefficient (Wildman–Crippen LogP) is 2.37. The molecule has 33 heavy (non-hydrogen) atoms. The van der Waals surface area contributed by atoms with Gasteiger partial charge in [0.15, 0.2) is 0 Å². The van der Waals surface area contributed by atoms with Gasteiger partial charge in [-0.1, -0.05) is 56.3 Å². The minimum atomic E-state index is -0.740. The highest BCUT2D eigenvalue weighted by Crippen LogP contribution is 2.23. The highest BCUT2D eigenvalue weighted by molar-refractivity contribution is 5.93. The van der Waals surface area contributed by atoms with Crippen molar-refractivity contribution in [2.45, 2.75) is 58.0 Å². The summed E-state index contributed by atoms with van der Waals surface area (Å²) in [5.41, 5.74) is 6.51. The Morgan fingerprint density at radius 1 is 1.09 bits per heavy atom. The van der Waals surface area contributed by atoms with Gasteiger partial charge in [0, 0.05) is 32.0 Å². The third-order valence-corrected chi connectivity index (χ3v) is 6.50. The van der Waals surface area contributed by atoms with E-state index in [9.17, 15) is 14.4 Å². The zero-order valence-electron chi connectivity index (χ0n) is 19.7. The smallest absolute Gasteiger partial charge is 0.243 e. The van der Waals surface area contributed by atoms with Crippen molar-refractivity contribution in [3.63, 3.8) is 0 Å². The molecule has 1 aliphatic heterocycles. The standard InChI is InChI=1S/C26H36N4O3/c1-3-19(4-2)26(33)30-15-7-10-23(30)25(32)29-22(24(31)28-14-13-27)17-18-11-12-20-8-5-6-9-21(20)16-18/h5-6,8-9,11-12,16,19,22-23H,3-4,7,10,13-15,17,27H2,1-2H3,(H,28,31)(H,29,32)/t22-,23?/m1/s1. The molecule has 7 nitrogen and oxygen atoms in total. The van der Waals surface area contributed by atoms with Crippen molar-refractivity contribution in [2.24, 2.45) is 11.7 Å². The van der Waals surface area contributed by atoms with Crippen LogP contribution in [-0.4, -0.2) is 54.3 Å². The van der Waals surface area contributed by atoms with Crippen LogP contribution < -0.4 is 16.4 Å². The molecule has 0 spiro atoms. The van der Waals surface area contributed by atoms with Gasteiger partial charge in [0.1, 0.15) is 12.1 Å². The number of hydrogen-bond acceptors (Lipinski definition) is 4. The fourth-order valence-electron chi connectivity index (χ4n) is 4.57. The SMILES string of the molecule is CCC(CC)C(=O)N1CCCC1C(=O)N[C@H](Cc1ccc2ccccc2c1)C(=O)NCCN.